The first-order chi connectivity index (χ1) is 40.0. The Kier molecular flexibility index (Phi) is 63.4. The first-order valence-corrected chi connectivity index (χ1v) is 33.0. The van der Waals surface area contributed by atoms with E-state index in [1.165, 1.54) is 77.0 Å². The minimum atomic E-state index is -0.793. The number of allylic oxidation sites excluding steroid dienone is 26. The van der Waals surface area contributed by atoms with E-state index in [-0.39, 0.29) is 31.1 Å². The van der Waals surface area contributed by atoms with E-state index < -0.39 is 6.10 Å². The molecular formula is C75H120O6. The van der Waals surface area contributed by atoms with Gasteiger partial charge in [-0.25, -0.2) is 0 Å². The Hall–Kier alpha value is -4.97. The third kappa shape index (κ3) is 65.7. The summed E-state index contributed by atoms with van der Waals surface area (Å²) in [5.74, 6) is -0.923. The lowest BCUT2D eigenvalue weighted by atomic mass is 10.0. The quantitative estimate of drug-likeness (QED) is 0.0261. The largest absolute Gasteiger partial charge is 0.462 e. The Morgan fingerprint density at radius 1 is 0.259 bits per heavy atom. The number of hydrogen-bond donors (Lipinski definition) is 0. The molecule has 0 aliphatic rings. The normalized spacial score (nSPS) is 13.2. The molecule has 0 saturated carbocycles. The fourth-order valence-corrected chi connectivity index (χ4v) is 8.66. The van der Waals surface area contributed by atoms with Gasteiger partial charge in [-0.1, -0.05) is 288 Å². The maximum Gasteiger partial charge on any atom is 0.306 e. The van der Waals surface area contributed by atoms with Crippen molar-refractivity contribution in [3.8, 4) is 0 Å². The SMILES string of the molecule is CC/C=C\C/C=C\C/C=C\C/C=C\C/C=C\C/C=C\C/C=C\C/C=C\C/C=C\CCCCCCCC(=O)OCC(COC(=O)CCCCCCCCC)OC(=O)CCCCCCCCCCCC/C=C\C/C=C\C/C=C\C/C=C\CC. The van der Waals surface area contributed by atoms with E-state index in [0.29, 0.717) is 19.3 Å². The molecule has 456 valence electrons. The monoisotopic (exact) mass is 1120 g/mol. The van der Waals surface area contributed by atoms with E-state index in [9.17, 15) is 14.4 Å². The van der Waals surface area contributed by atoms with Gasteiger partial charge in [-0.3, -0.25) is 14.4 Å². The third-order valence-electron chi connectivity index (χ3n) is 13.5. The molecule has 1 atom stereocenters. The molecule has 0 heterocycles. The molecular weight excluding hydrogens is 997 g/mol. The molecule has 0 aliphatic heterocycles. The molecule has 0 N–H and O–H groups in total. The van der Waals surface area contributed by atoms with Crippen molar-refractivity contribution in [1.29, 1.82) is 0 Å². The minimum Gasteiger partial charge on any atom is -0.462 e. The molecule has 6 heteroatoms. The van der Waals surface area contributed by atoms with Crippen LogP contribution in [0.4, 0.5) is 0 Å². The van der Waals surface area contributed by atoms with Crippen molar-refractivity contribution in [2.75, 3.05) is 13.2 Å². The average molecular weight is 1120 g/mol. The van der Waals surface area contributed by atoms with E-state index in [0.717, 1.165) is 161 Å². The van der Waals surface area contributed by atoms with Crippen LogP contribution in [0, 0.1) is 0 Å². The van der Waals surface area contributed by atoms with Crippen molar-refractivity contribution in [3.63, 3.8) is 0 Å². The molecule has 81 heavy (non-hydrogen) atoms. The van der Waals surface area contributed by atoms with Crippen LogP contribution in [0.25, 0.3) is 0 Å². The van der Waals surface area contributed by atoms with Gasteiger partial charge in [0.25, 0.3) is 0 Å². The maximum atomic E-state index is 12.9. The van der Waals surface area contributed by atoms with E-state index in [2.05, 4.69) is 179 Å². The van der Waals surface area contributed by atoms with Crippen molar-refractivity contribution >= 4 is 17.9 Å². The van der Waals surface area contributed by atoms with Crippen LogP contribution >= 0.6 is 0 Å². The third-order valence-corrected chi connectivity index (χ3v) is 13.5. The molecule has 0 saturated heterocycles. The maximum absolute atomic E-state index is 12.9. The number of hydrogen-bond acceptors (Lipinski definition) is 6. The molecule has 0 spiro atoms. The fourth-order valence-electron chi connectivity index (χ4n) is 8.66. The topological polar surface area (TPSA) is 78.9 Å². The summed E-state index contributed by atoms with van der Waals surface area (Å²) >= 11 is 0. The van der Waals surface area contributed by atoms with Gasteiger partial charge >= 0.3 is 17.9 Å². The van der Waals surface area contributed by atoms with Gasteiger partial charge in [0.05, 0.1) is 0 Å². The van der Waals surface area contributed by atoms with E-state index >= 15 is 0 Å². The van der Waals surface area contributed by atoms with Crippen molar-refractivity contribution in [3.05, 3.63) is 158 Å². The Morgan fingerprint density at radius 2 is 0.481 bits per heavy atom. The molecule has 6 nitrogen and oxygen atoms in total. The fraction of sp³-hybridized carbons (Fsp3) is 0.613. The molecule has 0 aromatic heterocycles. The number of esters is 3. The first-order valence-electron chi connectivity index (χ1n) is 33.0. The Labute approximate surface area is 499 Å². The summed E-state index contributed by atoms with van der Waals surface area (Å²) in [6.45, 7) is 6.35. The van der Waals surface area contributed by atoms with Crippen LogP contribution in [0.5, 0.6) is 0 Å². The van der Waals surface area contributed by atoms with Gasteiger partial charge in [0.2, 0.25) is 0 Å². The van der Waals surface area contributed by atoms with Gasteiger partial charge in [-0.15, -0.1) is 0 Å². The van der Waals surface area contributed by atoms with Crippen LogP contribution in [0.2, 0.25) is 0 Å². The lowest BCUT2D eigenvalue weighted by molar-refractivity contribution is -0.167. The zero-order valence-electron chi connectivity index (χ0n) is 52.2. The Bertz CT molecular complexity index is 1810. The summed E-state index contributed by atoms with van der Waals surface area (Å²) in [4.78, 5) is 38.1. The highest BCUT2D eigenvalue weighted by Gasteiger charge is 2.19. The molecule has 1 unspecified atom stereocenters. The summed E-state index contributed by atoms with van der Waals surface area (Å²) in [6, 6.07) is 0. The Morgan fingerprint density at radius 3 is 0.753 bits per heavy atom. The minimum absolute atomic E-state index is 0.0901. The van der Waals surface area contributed by atoms with Crippen LogP contribution in [0.1, 0.15) is 278 Å². The van der Waals surface area contributed by atoms with Crippen molar-refractivity contribution in [2.24, 2.45) is 0 Å². The molecule has 0 aliphatic carbocycles. The number of carbonyl (C=O) groups is 3. The predicted octanol–water partition coefficient (Wildman–Crippen LogP) is 22.9. The Balaban J connectivity index is 4.21. The van der Waals surface area contributed by atoms with Crippen LogP contribution in [-0.4, -0.2) is 37.2 Å². The zero-order chi connectivity index (χ0) is 58.5. The molecule has 0 fully saturated rings. The van der Waals surface area contributed by atoms with Gasteiger partial charge in [-0.05, 0) is 128 Å². The second-order valence-corrected chi connectivity index (χ2v) is 21.3. The highest BCUT2D eigenvalue weighted by Crippen LogP contribution is 2.15. The lowest BCUT2D eigenvalue weighted by Crippen LogP contribution is -2.30. The number of rotatable bonds is 58. The van der Waals surface area contributed by atoms with Gasteiger partial charge in [0, 0.05) is 19.3 Å². The molecule has 0 radical (unpaired) electrons. The summed E-state index contributed by atoms with van der Waals surface area (Å²) in [5, 5.41) is 0. The molecule has 0 aromatic rings. The molecule has 0 aromatic carbocycles. The van der Waals surface area contributed by atoms with Gasteiger partial charge < -0.3 is 14.2 Å². The second kappa shape index (κ2) is 67.5. The molecule has 0 rings (SSSR count). The van der Waals surface area contributed by atoms with Crippen molar-refractivity contribution in [2.45, 2.75) is 284 Å². The summed E-state index contributed by atoms with van der Waals surface area (Å²) < 4.78 is 16.8. The summed E-state index contributed by atoms with van der Waals surface area (Å²) in [5.41, 5.74) is 0. The van der Waals surface area contributed by atoms with Gasteiger partial charge in [0.15, 0.2) is 6.10 Å². The van der Waals surface area contributed by atoms with Crippen molar-refractivity contribution < 1.29 is 28.6 Å². The number of unbranched alkanes of at least 4 members (excludes halogenated alkanes) is 21. The first kappa shape index (κ1) is 76.0. The zero-order valence-corrected chi connectivity index (χ0v) is 52.2. The second-order valence-electron chi connectivity index (χ2n) is 21.3. The predicted molar refractivity (Wildman–Crippen MR) is 352 cm³/mol. The lowest BCUT2D eigenvalue weighted by Gasteiger charge is -2.18. The smallest absolute Gasteiger partial charge is 0.306 e. The van der Waals surface area contributed by atoms with E-state index in [1.807, 2.05) is 0 Å². The molecule has 0 bridgehead atoms. The van der Waals surface area contributed by atoms with Gasteiger partial charge in [0.1, 0.15) is 13.2 Å². The van der Waals surface area contributed by atoms with Crippen LogP contribution < -0.4 is 0 Å². The highest BCUT2D eigenvalue weighted by atomic mass is 16.6. The van der Waals surface area contributed by atoms with Crippen LogP contribution in [-0.2, 0) is 28.6 Å². The molecule has 0 amide bonds. The van der Waals surface area contributed by atoms with Crippen LogP contribution in [0.15, 0.2) is 158 Å². The number of ether oxygens (including phenoxy) is 3. The van der Waals surface area contributed by atoms with E-state index in [1.54, 1.807) is 0 Å². The van der Waals surface area contributed by atoms with E-state index in [4.69, 9.17) is 14.2 Å². The summed E-state index contributed by atoms with van der Waals surface area (Å²) in [6.07, 6.45) is 98.5. The standard InChI is InChI=1S/C75H120O6/c1-4-7-10-13-16-18-20-22-24-26-28-30-32-33-34-35-36-37-38-39-40-41-43-44-46-48-50-52-54-56-59-62-65-68-74(77)80-71-72(70-79-73(76)67-64-61-58-15-12-9-6-3)81-75(78)69-66-63-60-57-55-53-51-49-47-45-42-31-29-27-25-23-21-19-17-14-11-8-5-2/h7-8,10-11,16-19,22-25,28-31,33-34,36-37,39-40,43-44,48,50,72H,4-6,9,12-15,20-21,26-27,32,35,38,41-42,45-47,49,51-71H2,1-3H3/b10-7-,11-8-,18-16-,19-17-,24-22-,25-23-,30-28-,31-29-,34-33-,37-36-,40-39-,44-43-,50-48-. The van der Waals surface area contributed by atoms with Gasteiger partial charge in [-0.2, -0.15) is 0 Å². The van der Waals surface area contributed by atoms with Crippen molar-refractivity contribution in [1.82, 2.24) is 0 Å². The highest BCUT2D eigenvalue weighted by molar-refractivity contribution is 5.71. The van der Waals surface area contributed by atoms with Crippen LogP contribution in [0.3, 0.4) is 0 Å². The number of carbonyl (C=O) groups excluding carboxylic acids is 3. The average Bonchev–Trinajstić information content (AvgIpc) is 3.47. The summed E-state index contributed by atoms with van der Waals surface area (Å²) in [7, 11) is 0.